The molecule has 0 heterocycles. The van der Waals surface area contributed by atoms with Crippen LogP contribution in [0.4, 0.5) is 0 Å². The van der Waals surface area contributed by atoms with E-state index >= 15 is 0 Å². The second kappa shape index (κ2) is 6.85. The third-order valence-electron chi connectivity index (χ3n) is 2.02. The van der Waals surface area contributed by atoms with Crippen molar-refractivity contribution in [3.8, 4) is 0 Å². The van der Waals surface area contributed by atoms with Crippen LogP contribution in [0.1, 0.15) is 6.92 Å². The van der Waals surface area contributed by atoms with E-state index in [0.29, 0.717) is 5.75 Å². The molecule has 0 unspecified atom stereocenters. The molecule has 90 valence electrons. The summed E-state index contributed by atoms with van der Waals surface area (Å²) in [4.78, 5) is 23.4. The number of Topliss-reactive ketones (excluding diaryl/α,β-unsaturated/α-hetero) is 1. The Hall–Kier alpha value is -1.62. The van der Waals surface area contributed by atoms with Crippen molar-refractivity contribution < 1.29 is 9.59 Å². The van der Waals surface area contributed by atoms with Crippen LogP contribution < -0.4 is 5.32 Å². The maximum Gasteiger partial charge on any atom is 0.217 e. The minimum Gasteiger partial charge on any atom is -0.345 e. The highest BCUT2D eigenvalue weighted by Gasteiger charge is 2.17. The average molecular weight is 250 g/mol. The molecule has 0 aliphatic carbocycles. The molecule has 0 bridgehead atoms. The number of ketones is 1. The molecule has 1 aromatic carbocycles. The quantitative estimate of drug-likeness (QED) is 0.594. The van der Waals surface area contributed by atoms with Gasteiger partial charge in [-0.3, -0.25) is 9.59 Å². The van der Waals surface area contributed by atoms with E-state index in [2.05, 4.69) is 5.32 Å². The Morgan fingerprint density at radius 1 is 1.41 bits per heavy atom. The Labute approximate surface area is 104 Å². The zero-order chi connectivity index (χ0) is 12.7. The van der Waals surface area contributed by atoms with Gasteiger partial charge in [0.05, 0.1) is 6.21 Å². The molecule has 1 amide bonds. The van der Waals surface area contributed by atoms with Crippen molar-refractivity contribution in [2.24, 2.45) is 0 Å². The lowest BCUT2D eigenvalue weighted by Gasteiger charge is -2.13. The molecular weight excluding hydrogens is 236 g/mol. The largest absolute Gasteiger partial charge is 0.345 e. The van der Waals surface area contributed by atoms with E-state index in [9.17, 15) is 9.59 Å². The van der Waals surface area contributed by atoms with Crippen LogP contribution in [0.5, 0.6) is 0 Å². The Kier molecular flexibility index (Phi) is 5.42. The first kappa shape index (κ1) is 13.4. The van der Waals surface area contributed by atoms with E-state index in [1.54, 1.807) is 0 Å². The van der Waals surface area contributed by atoms with Gasteiger partial charge in [0.2, 0.25) is 5.91 Å². The van der Waals surface area contributed by atoms with Gasteiger partial charge >= 0.3 is 0 Å². The summed E-state index contributed by atoms with van der Waals surface area (Å²) in [6.45, 7) is 1.36. The maximum atomic E-state index is 11.4. The molecule has 0 aliphatic heterocycles. The Morgan fingerprint density at radius 2 is 2.06 bits per heavy atom. The van der Waals surface area contributed by atoms with E-state index in [-0.39, 0.29) is 11.7 Å². The zero-order valence-corrected chi connectivity index (χ0v) is 10.3. The number of hydrogen-bond donors (Lipinski definition) is 2. The van der Waals surface area contributed by atoms with Crippen LogP contribution in [0.15, 0.2) is 35.2 Å². The van der Waals surface area contributed by atoms with Gasteiger partial charge in [0.1, 0.15) is 6.04 Å². The number of hydrogen-bond acceptors (Lipinski definition) is 4. The average Bonchev–Trinajstić information content (AvgIpc) is 2.34. The topological polar surface area (TPSA) is 70.0 Å². The Bertz CT molecular complexity index is 406. The number of amides is 1. The molecule has 0 saturated carbocycles. The van der Waals surface area contributed by atoms with Crippen molar-refractivity contribution in [1.29, 1.82) is 5.41 Å². The third kappa shape index (κ3) is 4.82. The molecule has 1 atom stereocenters. The van der Waals surface area contributed by atoms with Crippen LogP contribution in [0.3, 0.4) is 0 Å². The summed E-state index contributed by atoms with van der Waals surface area (Å²) in [6, 6.07) is 8.98. The summed E-state index contributed by atoms with van der Waals surface area (Å²) < 4.78 is 0. The first-order valence-corrected chi connectivity index (χ1v) is 6.11. The van der Waals surface area contributed by atoms with Crippen molar-refractivity contribution >= 4 is 29.7 Å². The Morgan fingerprint density at radius 3 is 2.59 bits per heavy atom. The van der Waals surface area contributed by atoms with E-state index < -0.39 is 6.04 Å². The van der Waals surface area contributed by atoms with Crippen LogP contribution in [0, 0.1) is 5.41 Å². The van der Waals surface area contributed by atoms with Crippen molar-refractivity contribution in [3.05, 3.63) is 30.3 Å². The molecule has 0 fully saturated rings. The van der Waals surface area contributed by atoms with Crippen molar-refractivity contribution in [3.63, 3.8) is 0 Å². The van der Waals surface area contributed by atoms with Crippen molar-refractivity contribution in [2.75, 3.05) is 5.75 Å². The van der Waals surface area contributed by atoms with Gasteiger partial charge in [-0.2, -0.15) is 0 Å². The lowest BCUT2D eigenvalue weighted by Crippen LogP contribution is -2.42. The molecule has 0 radical (unpaired) electrons. The van der Waals surface area contributed by atoms with Gasteiger partial charge < -0.3 is 10.7 Å². The number of rotatable bonds is 6. The molecular formula is C12H14N2O2S. The van der Waals surface area contributed by atoms with Gasteiger partial charge in [0.25, 0.3) is 0 Å². The minimum atomic E-state index is -0.629. The first-order valence-electron chi connectivity index (χ1n) is 5.12. The number of thioether (sulfide) groups is 1. The highest BCUT2D eigenvalue weighted by molar-refractivity contribution is 7.99. The van der Waals surface area contributed by atoms with Gasteiger partial charge in [-0.1, -0.05) is 18.2 Å². The van der Waals surface area contributed by atoms with Crippen LogP contribution in [-0.4, -0.2) is 29.7 Å². The monoisotopic (exact) mass is 250 g/mol. The number of carbonyl (C=O) groups excluding carboxylic acids is 2. The van der Waals surface area contributed by atoms with Crippen LogP contribution >= 0.6 is 11.8 Å². The standard InChI is InChI=1S/C12H14N2O2S/c1-9(15)14-11(12(16)7-13)8-17-10-5-3-2-4-6-10/h2-7,11,13H,8H2,1H3,(H,14,15)/t11-/m0/s1. The number of benzene rings is 1. The summed E-state index contributed by atoms with van der Waals surface area (Å²) >= 11 is 1.48. The van der Waals surface area contributed by atoms with Crippen LogP contribution in [0.25, 0.3) is 0 Å². The second-order valence-electron chi connectivity index (χ2n) is 3.42. The van der Waals surface area contributed by atoms with E-state index in [0.717, 1.165) is 11.1 Å². The van der Waals surface area contributed by atoms with E-state index in [4.69, 9.17) is 5.41 Å². The first-order chi connectivity index (χ1) is 8.13. The fourth-order valence-corrected chi connectivity index (χ4v) is 2.19. The summed E-state index contributed by atoms with van der Waals surface area (Å²) in [5.74, 6) is -0.222. The van der Waals surface area contributed by atoms with Gasteiger partial charge in [-0.15, -0.1) is 11.8 Å². The normalized spacial score (nSPS) is 11.6. The molecule has 5 heteroatoms. The SMILES string of the molecule is CC(=O)N[C@@H](CSc1ccccc1)C(=O)C=N. The fraction of sp³-hybridized carbons (Fsp3) is 0.250. The lowest BCUT2D eigenvalue weighted by molar-refractivity contribution is -0.123. The maximum absolute atomic E-state index is 11.4. The molecule has 0 spiro atoms. The number of nitrogens with one attached hydrogen (secondary N) is 2. The summed E-state index contributed by atoms with van der Waals surface area (Å²) in [5.41, 5.74) is 0. The van der Waals surface area contributed by atoms with E-state index in [1.807, 2.05) is 30.3 Å². The van der Waals surface area contributed by atoms with Crippen molar-refractivity contribution in [1.82, 2.24) is 5.32 Å². The Balaban J connectivity index is 2.58. The summed E-state index contributed by atoms with van der Waals surface area (Å²) in [6.07, 6.45) is 0.742. The van der Waals surface area contributed by atoms with Gasteiger partial charge in [-0.25, -0.2) is 0 Å². The second-order valence-corrected chi connectivity index (χ2v) is 4.52. The molecule has 4 nitrogen and oxygen atoms in total. The van der Waals surface area contributed by atoms with Crippen LogP contribution in [0.2, 0.25) is 0 Å². The molecule has 0 aromatic heterocycles. The molecule has 1 aromatic rings. The molecule has 0 aliphatic rings. The van der Waals surface area contributed by atoms with Crippen LogP contribution in [-0.2, 0) is 9.59 Å². The van der Waals surface area contributed by atoms with Gasteiger partial charge in [-0.05, 0) is 12.1 Å². The zero-order valence-electron chi connectivity index (χ0n) is 9.47. The predicted molar refractivity (Wildman–Crippen MR) is 68.6 cm³/mol. The number of carbonyl (C=O) groups is 2. The molecule has 0 saturated heterocycles. The minimum absolute atomic E-state index is 0.265. The highest BCUT2D eigenvalue weighted by atomic mass is 32.2. The van der Waals surface area contributed by atoms with Gasteiger partial charge in [0.15, 0.2) is 5.78 Å². The predicted octanol–water partition coefficient (Wildman–Crippen LogP) is 1.50. The summed E-state index contributed by atoms with van der Waals surface area (Å²) in [7, 11) is 0. The fourth-order valence-electron chi connectivity index (χ4n) is 1.24. The smallest absolute Gasteiger partial charge is 0.217 e. The lowest BCUT2D eigenvalue weighted by atomic mass is 10.2. The molecule has 17 heavy (non-hydrogen) atoms. The molecule has 2 N–H and O–H groups in total. The summed E-state index contributed by atoms with van der Waals surface area (Å²) in [5, 5.41) is 9.47. The van der Waals surface area contributed by atoms with Gasteiger partial charge in [0, 0.05) is 17.6 Å². The highest BCUT2D eigenvalue weighted by Crippen LogP contribution is 2.17. The molecule has 1 rings (SSSR count). The van der Waals surface area contributed by atoms with E-state index in [1.165, 1.54) is 18.7 Å². The van der Waals surface area contributed by atoms with Crippen molar-refractivity contribution in [2.45, 2.75) is 17.9 Å². The third-order valence-corrected chi connectivity index (χ3v) is 3.13.